The minimum absolute atomic E-state index is 0.355. The van der Waals surface area contributed by atoms with Gasteiger partial charge >= 0.3 is 0 Å². The average molecular weight is 240 g/mol. The molecule has 0 spiro atoms. The van der Waals surface area contributed by atoms with Crippen LogP contribution in [0, 0.1) is 0 Å². The summed E-state index contributed by atoms with van der Waals surface area (Å²) >= 11 is 0. The number of aliphatic hydroxyl groups is 1. The van der Waals surface area contributed by atoms with E-state index in [2.05, 4.69) is 17.1 Å². The number of nitrogens with one attached hydrogen (secondary N) is 1. The molecule has 0 aromatic heterocycles. The first-order valence-corrected chi connectivity index (χ1v) is 7.45. The molecule has 2 fully saturated rings. The van der Waals surface area contributed by atoms with Crippen LogP contribution in [0.5, 0.6) is 0 Å². The fraction of sp³-hybridized carbons (Fsp3) is 1.00. The van der Waals surface area contributed by atoms with Crippen LogP contribution in [0.15, 0.2) is 0 Å². The molecule has 0 radical (unpaired) electrons. The van der Waals surface area contributed by atoms with Crippen LogP contribution in [0.1, 0.15) is 51.9 Å². The van der Waals surface area contributed by atoms with Crippen molar-refractivity contribution in [1.82, 2.24) is 10.2 Å². The topological polar surface area (TPSA) is 35.5 Å². The molecule has 1 heterocycles. The molecule has 1 aliphatic carbocycles. The Bertz CT molecular complexity index is 214. The van der Waals surface area contributed by atoms with Crippen LogP contribution in [0.2, 0.25) is 0 Å². The molecule has 0 aromatic rings. The molecule has 1 atom stereocenters. The summed E-state index contributed by atoms with van der Waals surface area (Å²) in [5, 5.41) is 13.0. The summed E-state index contributed by atoms with van der Waals surface area (Å²) in [6.45, 7) is 4.96. The van der Waals surface area contributed by atoms with Gasteiger partial charge in [-0.15, -0.1) is 0 Å². The highest BCUT2D eigenvalue weighted by atomic mass is 16.3. The molecule has 2 N–H and O–H groups in total. The highest BCUT2D eigenvalue weighted by Crippen LogP contribution is 2.29. The molecular weight excluding hydrogens is 212 g/mol. The summed E-state index contributed by atoms with van der Waals surface area (Å²) in [5.74, 6) is 0. The van der Waals surface area contributed by atoms with Gasteiger partial charge in [-0.25, -0.2) is 0 Å². The highest BCUT2D eigenvalue weighted by molar-refractivity contribution is 4.89. The highest BCUT2D eigenvalue weighted by Gasteiger charge is 2.32. The number of nitrogens with zero attached hydrogens (tertiary/aromatic N) is 1. The molecule has 2 aliphatic rings. The van der Waals surface area contributed by atoms with E-state index in [1.807, 2.05) is 0 Å². The second-order valence-corrected chi connectivity index (χ2v) is 5.68. The molecular formula is C14H28N2O. The largest absolute Gasteiger partial charge is 0.395 e. The quantitative estimate of drug-likeness (QED) is 0.768. The van der Waals surface area contributed by atoms with Crippen LogP contribution in [-0.2, 0) is 0 Å². The number of aliphatic hydroxyl groups excluding tert-OH is 1. The lowest BCUT2D eigenvalue weighted by Crippen LogP contribution is -2.45. The summed E-state index contributed by atoms with van der Waals surface area (Å²) in [5.41, 5.74) is 0. The van der Waals surface area contributed by atoms with Crippen molar-refractivity contribution in [2.75, 3.05) is 19.7 Å². The summed E-state index contributed by atoms with van der Waals surface area (Å²) in [6, 6.07) is 1.95. The van der Waals surface area contributed by atoms with Crippen LogP contribution in [-0.4, -0.2) is 47.8 Å². The SMILES string of the molecule is CCCNC1CCC(N2CCCC2CO)CC1. The van der Waals surface area contributed by atoms with Crippen molar-refractivity contribution in [2.45, 2.75) is 70.0 Å². The third-order valence-electron chi connectivity index (χ3n) is 4.48. The number of rotatable bonds is 5. The Morgan fingerprint density at radius 3 is 2.59 bits per heavy atom. The Kier molecular flexibility index (Phi) is 5.26. The van der Waals surface area contributed by atoms with Crippen molar-refractivity contribution in [2.24, 2.45) is 0 Å². The van der Waals surface area contributed by atoms with Gasteiger partial charge < -0.3 is 10.4 Å². The van der Waals surface area contributed by atoms with Crippen molar-refractivity contribution in [3.63, 3.8) is 0 Å². The maximum absolute atomic E-state index is 9.38. The first-order chi connectivity index (χ1) is 8.35. The van der Waals surface area contributed by atoms with Gasteiger partial charge in [-0.2, -0.15) is 0 Å². The minimum atomic E-state index is 0.355. The lowest BCUT2D eigenvalue weighted by molar-refractivity contribution is 0.0918. The fourth-order valence-corrected chi connectivity index (χ4v) is 3.49. The number of likely N-dealkylation sites (tertiary alicyclic amines) is 1. The minimum Gasteiger partial charge on any atom is -0.395 e. The van der Waals surface area contributed by atoms with Gasteiger partial charge in [-0.05, 0) is 58.0 Å². The zero-order valence-corrected chi connectivity index (χ0v) is 11.2. The van der Waals surface area contributed by atoms with Crippen molar-refractivity contribution in [1.29, 1.82) is 0 Å². The summed E-state index contributed by atoms with van der Waals surface area (Å²) in [6.07, 6.45) is 8.98. The second-order valence-electron chi connectivity index (χ2n) is 5.68. The first kappa shape index (κ1) is 13.3. The van der Waals surface area contributed by atoms with Gasteiger partial charge in [0.2, 0.25) is 0 Å². The lowest BCUT2D eigenvalue weighted by atomic mass is 9.89. The van der Waals surface area contributed by atoms with Crippen LogP contribution in [0.4, 0.5) is 0 Å². The Hall–Kier alpha value is -0.120. The van der Waals surface area contributed by atoms with Crippen molar-refractivity contribution in [3.05, 3.63) is 0 Å². The summed E-state index contributed by atoms with van der Waals surface area (Å²) < 4.78 is 0. The van der Waals surface area contributed by atoms with Crippen molar-refractivity contribution in [3.8, 4) is 0 Å². The van der Waals surface area contributed by atoms with Gasteiger partial charge in [-0.3, -0.25) is 4.90 Å². The van der Waals surface area contributed by atoms with Gasteiger partial charge in [0.25, 0.3) is 0 Å². The van der Waals surface area contributed by atoms with E-state index in [4.69, 9.17) is 0 Å². The molecule has 1 saturated heterocycles. The van der Waals surface area contributed by atoms with Crippen molar-refractivity contribution < 1.29 is 5.11 Å². The predicted octanol–water partition coefficient (Wildman–Crippen LogP) is 1.75. The lowest BCUT2D eigenvalue weighted by Gasteiger charge is -2.37. The normalized spacial score (nSPS) is 35.3. The van der Waals surface area contributed by atoms with E-state index in [0.717, 1.165) is 18.6 Å². The molecule has 0 aromatic carbocycles. The van der Waals surface area contributed by atoms with E-state index in [1.165, 1.54) is 51.5 Å². The Balaban J connectivity index is 1.74. The molecule has 1 aliphatic heterocycles. The summed E-state index contributed by atoms with van der Waals surface area (Å²) in [4.78, 5) is 2.58. The van der Waals surface area contributed by atoms with Crippen LogP contribution >= 0.6 is 0 Å². The average Bonchev–Trinajstić information content (AvgIpc) is 2.85. The van der Waals surface area contributed by atoms with Crippen LogP contribution < -0.4 is 5.32 Å². The zero-order valence-electron chi connectivity index (χ0n) is 11.2. The second kappa shape index (κ2) is 6.72. The Labute approximate surface area is 106 Å². The first-order valence-electron chi connectivity index (χ1n) is 7.45. The number of hydrogen-bond acceptors (Lipinski definition) is 3. The maximum Gasteiger partial charge on any atom is 0.0586 e. The third-order valence-corrected chi connectivity index (χ3v) is 4.48. The molecule has 1 unspecified atom stereocenters. The van der Waals surface area contributed by atoms with E-state index >= 15 is 0 Å². The van der Waals surface area contributed by atoms with E-state index in [-0.39, 0.29) is 0 Å². The van der Waals surface area contributed by atoms with Crippen LogP contribution in [0.3, 0.4) is 0 Å². The van der Waals surface area contributed by atoms with Crippen LogP contribution in [0.25, 0.3) is 0 Å². The molecule has 100 valence electrons. The molecule has 1 saturated carbocycles. The van der Waals surface area contributed by atoms with Gasteiger partial charge in [0.1, 0.15) is 0 Å². The summed E-state index contributed by atoms with van der Waals surface area (Å²) in [7, 11) is 0. The molecule has 3 nitrogen and oxygen atoms in total. The smallest absolute Gasteiger partial charge is 0.0586 e. The molecule has 0 amide bonds. The molecule has 2 rings (SSSR count). The van der Waals surface area contributed by atoms with Gasteiger partial charge in [0.05, 0.1) is 6.61 Å². The predicted molar refractivity (Wildman–Crippen MR) is 71.2 cm³/mol. The standard InChI is InChI=1S/C14H28N2O/c1-2-9-15-12-5-7-13(8-6-12)16-10-3-4-14(16)11-17/h12-15,17H,2-11H2,1H3. The van der Waals surface area contributed by atoms with E-state index in [9.17, 15) is 5.11 Å². The van der Waals surface area contributed by atoms with Crippen molar-refractivity contribution >= 4 is 0 Å². The maximum atomic E-state index is 9.38. The molecule has 3 heteroatoms. The zero-order chi connectivity index (χ0) is 12.1. The van der Waals surface area contributed by atoms with Gasteiger partial charge in [0, 0.05) is 18.1 Å². The fourth-order valence-electron chi connectivity index (χ4n) is 3.49. The van der Waals surface area contributed by atoms with E-state index in [1.54, 1.807) is 0 Å². The third kappa shape index (κ3) is 3.43. The van der Waals surface area contributed by atoms with E-state index in [0.29, 0.717) is 12.6 Å². The number of hydrogen-bond donors (Lipinski definition) is 2. The van der Waals surface area contributed by atoms with E-state index < -0.39 is 0 Å². The Morgan fingerprint density at radius 1 is 1.18 bits per heavy atom. The van der Waals surface area contributed by atoms with Gasteiger partial charge in [0.15, 0.2) is 0 Å². The monoisotopic (exact) mass is 240 g/mol. The van der Waals surface area contributed by atoms with Gasteiger partial charge in [-0.1, -0.05) is 6.92 Å². The Morgan fingerprint density at radius 2 is 1.94 bits per heavy atom. The molecule has 17 heavy (non-hydrogen) atoms. The molecule has 0 bridgehead atoms.